The van der Waals surface area contributed by atoms with Gasteiger partial charge in [-0.1, -0.05) is 30.0 Å². The third-order valence-electron chi connectivity index (χ3n) is 3.27. The van der Waals surface area contributed by atoms with Gasteiger partial charge in [0.15, 0.2) is 0 Å². The van der Waals surface area contributed by atoms with Gasteiger partial charge in [-0.15, -0.1) is 0 Å². The Balaban J connectivity index is 2.02. The van der Waals surface area contributed by atoms with Crippen molar-refractivity contribution in [2.45, 2.75) is 0 Å². The summed E-state index contributed by atoms with van der Waals surface area (Å²) in [7, 11) is 3.87. The number of nitrogens with one attached hydrogen (secondary N) is 1. The number of anilines is 1. The first kappa shape index (κ1) is 17.0. The zero-order valence-corrected chi connectivity index (χ0v) is 13.4. The summed E-state index contributed by atoms with van der Waals surface area (Å²) >= 11 is 0. The molecule has 0 radical (unpaired) electrons. The van der Waals surface area contributed by atoms with Crippen LogP contribution in [-0.2, 0) is 0 Å². The molecule has 2 rings (SSSR count). The Labute approximate surface area is 140 Å². The van der Waals surface area contributed by atoms with Crippen LogP contribution in [0.5, 0.6) is 0 Å². The fourth-order valence-corrected chi connectivity index (χ4v) is 2.10. The van der Waals surface area contributed by atoms with E-state index in [4.69, 9.17) is 0 Å². The van der Waals surface area contributed by atoms with Gasteiger partial charge in [0.1, 0.15) is 0 Å². The molecular weight excluding hydrogens is 306 g/mol. The first-order valence-electron chi connectivity index (χ1n) is 7.27. The predicted octanol–water partition coefficient (Wildman–Crippen LogP) is 2.44. The number of amides is 1. The quantitative estimate of drug-likeness (QED) is 0.533. The first-order chi connectivity index (χ1) is 11.5. The highest BCUT2D eigenvalue weighted by Gasteiger charge is 2.10. The van der Waals surface area contributed by atoms with Gasteiger partial charge in [0, 0.05) is 37.4 Å². The molecular formula is C18H17N3O3. The standard InChI is InChI=1S/C18H17N3O3/c1-20(2)17-11-4-3-7-14(17)9-6-12-19-18(22)15-8-5-10-16(13-15)21(23)24/h3-5,7-8,10-11,13H,12H2,1-2H3,(H,19,22). The fraction of sp³-hybridized carbons (Fsp3) is 0.167. The summed E-state index contributed by atoms with van der Waals surface area (Å²) < 4.78 is 0. The third-order valence-corrected chi connectivity index (χ3v) is 3.27. The van der Waals surface area contributed by atoms with E-state index < -0.39 is 10.8 Å². The monoisotopic (exact) mass is 323 g/mol. The average molecular weight is 323 g/mol. The number of hydrogen-bond donors (Lipinski definition) is 1. The van der Waals surface area contributed by atoms with Crippen LogP contribution in [0, 0.1) is 22.0 Å². The van der Waals surface area contributed by atoms with Gasteiger partial charge < -0.3 is 10.2 Å². The molecule has 0 saturated heterocycles. The number of nitro benzene ring substituents is 1. The second kappa shape index (κ2) is 7.79. The van der Waals surface area contributed by atoms with Crippen molar-refractivity contribution in [3.05, 3.63) is 69.8 Å². The van der Waals surface area contributed by atoms with Crippen molar-refractivity contribution >= 4 is 17.3 Å². The van der Waals surface area contributed by atoms with Crippen molar-refractivity contribution in [1.29, 1.82) is 0 Å². The van der Waals surface area contributed by atoms with Crippen LogP contribution in [0.2, 0.25) is 0 Å². The Morgan fingerprint density at radius 2 is 1.96 bits per heavy atom. The lowest BCUT2D eigenvalue weighted by Gasteiger charge is -2.13. The van der Waals surface area contributed by atoms with E-state index in [1.54, 1.807) is 0 Å². The van der Waals surface area contributed by atoms with E-state index in [2.05, 4.69) is 17.2 Å². The van der Waals surface area contributed by atoms with Crippen LogP contribution < -0.4 is 10.2 Å². The lowest BCUT2D eigenvalue weighted by atomic mass is 10.1. The highest BCUT2D eigenvalue weighted by atomic mass is 16.6. The normalized spacial score (nSPS) is 9.58. The highest BCUT2D eigenvalue weighted by molar-refractivity contribution is 5.94. The molecule has 2 aromatic rings. The molecule has 1 N–H and O–H groups in total. The van der Waals surface area contributed by atoms with Gasteiger partial charge in [-0.3, -0.25) is 14.9 Å². The number of carbonyl (C=O) groups excluding carboxylic acids is 1. The summed E-state index contributed by atoms with van der Waals surface area (Å²) in [5, 5.41) is 13.4. The molecule has 1 amide bonds. The maximum Gasteiger partial charge on any atom is 0.270 e. The average Bonchev–Trinajstić information content (AvgIpc) is 2.58. The minimum Gasteiger partial charge on any atom is -0.377 e. The topological polar surface area (TPSA) is 75.5 Å². The summed E-state index contributed by atoms with van der Waals surface area (Å²) in [6, 6.07) is 13.3. The van der Waals surface area contributed by atoms with Gasteiger partial charge in [0.2, 0.25) is 0 Å². The zero-order valence-electron chi connectivity index (χ0n) is 13.4. The zero-order chi connectivity index (χ0) is 17.5. The summed E-state index contributed by atoms with van der Waals surface area (Å²) in [6.07, 6.45) is 0. The second-order valence-electron chi connectivity index (χ2n) is 5.20. The third kappa shape index (κ3) is 4.34. The minimum absolute atomic E-state index is 0.117. The van der Waals surface area contributed by atoms with E-state index in [9.17, 15) is 14.9 Å². The molecule has 6 heteroatoms. The van der Waals surface area contributed by atoms with Crippen LogP contribution >= 0.6 is 0 Å². The van der Waals surface area contributed by atoms with Crippen LogP contribution in [0.25, 0.3) is 0 Å². The number of rotatable bonds is 4. The van der Waals surface area contributed by atoms with Crippen molar-refractivity contribution in [2.24, 2.45) is 0 Å². The van der Waals surface area contributed by atoms with Crippen LogP contribution in [0.4, 0.5) is 11.4 Å². The number of hydrogen-bond acceptors (Lipinski definition) is 4. The largest absolute Gasteiger partial charge is 0.377 e. The van der Waals surface area contributed by atoms with E-state index in [0.717, 1.165) is 11.3 Å². The van der Waals surface area contributed by atoms with Crippen LogP contribution in [-0.4, -0.2) is 31.5 Å². The van der Waals surface area contributed by atoms with Crippen molar-refractivity contribution < 1.29 is 9.72 Å². The SMILES string of the molecule is CN(C)c1ccccc1C#CCNC(=O)c1cccc([N+](=O)[O-])c1. The Morgan fingerprint density at radius 3 is 2.67 bits per heavy atom. The van der Waals surface area contributed by atoms with Crippen molar-refractivity contribution in [3.63, 3.8) is 0 Å². The van der Waals surface area contributed by atoms with Crippen LogP contribution in [0.1, 0.15) is 15.9 Å². The molecule has 0 spiro atoms. The maximum atomic E-state index is 12.0. The van der Waals surface area contributed by atoms with Gasteiger partial charge in [0.25, 0.3) is 11.6 Å². The van der Waals surface area contributed by atoms with Gasteiger partial charge in [-0.05, 0) is 18.2 Å². The number of nitro groups is 1. The van der Waals surface area contributed by atoms with E-state index in [1.807, 2.05) is 43.3 Å². The summed E-state index contributed by atoms with van der Waals surface area (Å²) in [6.45, 7) is 0.156. The number of para-hydroxylation sites is 1. The molecule has 0 aliphatic rings. The molecule has 0 fully saturated rings. The first-order valence-corrected chi connectivity index (χ1v) is 7.27. The van der Waals surface area contributed by atoms with E-state index in [0.29, 0.717) is 0 Å². The predicted molar refractivity (Wildman–Crippen MR) is 93.1 cm³/mol. The number of nitrogens with zero attached hydrogens (tertiary/aromatic N) is 2. The van der Waals surface area contributed by atoms with Crippen molar-refractivity contribution in [1.82, 2.24) is 5.32 Å². The molecule has 0 atom stereocenters. The van der Waals surface area contributed by atoms with Gasteiger partial charge in [-0.25, -0.2) is 0 Å². The molecule has 0 bridgehead atoms. The number of benzene rings is 2. The molecule has 24 heavy (non-hydrogen) atoms. The van der Waals surface area contributed by atoms with Crippen LogP contribution in [0.3, 0.4) is 0 Å². The molecule has 2 aromatic carbocycles. The van der Waals surface area contributed by atoms with Gasteiger partial charge in [0.05, 0.1) is 17.2 Å². The molecule has 0 aromatic heterocycles. The van der Waals surface area contributed by atoms with E-state index in [1.165, 1.54) is 24.3 Å². The molecule has 0 aliphatic heterocycles. The summed E-state index contributed by atoms with van der Waals surface area (Å²) in [4.78, 5) is 24.2. The molecule has 6 nitrogen and oxygen atoms in total. The Morgan fingerprint density at radius 1 is 1.21 bits per heavy atom. The minimum atomic E-state index is -0.533. The number of carbonyl (C=O) groups is 1. The molecule has 0 heterocycles. The van der Waals surface area contributed by atoms with Crippen molar-refractivity contribution in [3.8, 4) is 11.8 Å². The smallest absolute Gasteiger partial charge is 0.270 e. The molecule has 122 valence electrons. The Hall–Kier alpha value is -3.33. The fourth-order valence-electron chi connectivity index (χ4n) is 2.10. The van der Waals surface area contributed by atoms with Gasteiger partial charge in [-0.2, -0.15) is 0 Å². The Bertz CT molecular complexity index is 819. The van der Waals surface area contributed by atoms with Crippen LogP contribution in [0.15, 0.2) is 48.5 Å². The summed E-state index contributed by atoms with van der Waals surface area (Å²) in [5.74, 6) is 5.51. The molecule has 0 unspecified atom stereocenters. The molecule has 0 saturated carbocycles. The van der Waals surface area contributed by atoms with E-state index >= 15 is 0 Å². The highest BCUT2D eigenvalue weighted by Crippen LogP contribution is 2.16. The lowest BCUT2D eigenvalue weighted by molar-refractivity contribution is -0.384. The summed E-state index contributed by atoms with van der Waals surface area (Å²) in [5.41, 5.74) is 1.98. The Kier molecular flexibility index (Phi) is 5.53. The maximum absolute atomic E-state index is 12.0. The van der Waals surface area contributed by atoms with Crippen molar-refractivity contribution in [2.75, 3.05) is 25.5 Å². The second-order valence-corrected chi connectivity index (χ2v) is 5.20. The lowest BCUT2D eigenvalue weighted by Crippen LogP contribution is -2.23. The van der Waals surface area contributed by atoms with E-state index in [-0.39, 0.29) is 17.8 Å². The molecule has 0 aliphatic carbocycles. The number of non-ortho nitro benzene ring substituents is 1. The van der Waals surface area contributed by atoms with Gasteiger partial charge >= 0.3 is 0 Å².